The number of nitriles is 1. The number of rotatable bonds is 7. The number of piperidine rings is 1. The molecule has 2 rings (SSSR count). The Labute approximate surface area is 140 Å². The van der Waals surface area contributed by atoms with Crippen LogP contribution < -0.4 is 0 Å². The van der Waals surface area contributed by atoms with E-state index in [4.69, 9.17) is 10.00 Å². The third-order valence-electron chi connectivity index (χ3n) is 4.51. The normalized spacial score (nSPS) is 24.7. The van der Waals surface area contributed by atoms with E-state index in [1.165, 1.54) is 4.31 Å². The molecule has 2 fully saturated rings. The fourth-order valence-electron chi connectivity index (χ4n) is 3.11. The molecule has 2 aliphatic heterocycles. The van der Waals surface area contributed by atoms with E-state index in [1.807, 2.05) is 0 Å². The zero-order valence-corrected chi connectivity index (χ0v) is 14.8. The first-order valence-corrected chi connectivity index (χ1v) is 9.86. The third-order valence-corrected chi connectivity index (χ3v) is 6.52. The van der Waals surface area contributed by atoms with Crippen LogP contribution in [0, 0.1) is 17.2 Å². The van der Waals surface area contributed by atoms with Crippen LogP contribution in [0.5, 0.6) is 0 Å². The lowest BCUT2D eigenvalue weighted by molar-refractivity contribution is 0.0361. The van der Waals surface area contributed by atoms with Gasteiger partial charge in [0, 0.05) is 52.2 Å². The molecule has 23 heavy (non-hydrogen) atoms. The Morgan fingerprint density at radius 2 is 2.00 bits per heavy atom. The molecule has 0 aromatic heterocycles. The third kappa shape index (κ3) is 5.40. The maximum atomic E-state index is 12.9. The highest BCUT2D eigenvalue weighted by Gasteiger charge is 2.32. The van der Waals surface area contributed by atoms with Crippen molar-refractivity contribution in [1.82, 2.24) is 13.5 Å². The molecule has 8 heteroatoms. The van der Waals surface area contributed by atoms with Gasteiger partial charge in [0.25, 0.3) is 10.2 Å². The Bertz CT molecular complexity index is 499. The predicted octanol–water partition coefficient (Wildman–Crippen LogP) is 0.511. The van der Waals surface area contributed by atoms with Gasteiger partial charge < -0.3 is 4.74 Å². The second kappa shape index (κ2) is 8.94. The molecule has 0 amide bonds. The summed E-state index contributed by atoms with van der Waals surface area (Å²) in [7, 11) is -3.47. The molecule has 0 bridgehead atoms. The van der Waals surface area contributed by atoms with Crippen molar-refractivity contribution < 1.29 is 13.2 Å². The van der Waals surface area contributed by atoms with E-state index in [0.717, 1.165) is 25.9 Å². The molecule has 2 heterocycles. The minimum absolute atomic E-state index is 0.228. The van der Waals surface area contributed by atoms with Crippen LogP contribution in [-0.4, -0.2) is 81.0 Å². The molecule has 132 valence electrons. The van der Waals surface area contributed by atoms with Crippen LogP contribution in [0.25, 0.3) is 0 Å². The van der Waals surface area contributed by atoms with E-state index >= 15 is 0 Å². The van der Waals surface area contributed by atoms with Gasteiger partial charge in [-0.2, -0.15) is 22.3 Å². The van der Waals surface area contributed by atoms with Gasteiger partial charge in [-0.25, -0.2) is 0 Å². The van der Waals surface area contributed by atoms with Gasteiger partial charge in [0.15, 0.2) is 0 Å². The van der Waals surface area contributed by atoms with Gasteiger partial charge >= 0.3 is 0 Å². The summed E-state index contributed by atoms with van der Waals surface area (Å²) in [4.78, 5) is 2.22. The first-order chi connectivity index (χ1) is 11.0. The van der Waals surface area contributed by atoms with Crippen molar-refractivity contribution in [2.75, 3.05) is 59.0 Å². The molecule has 1 atom stereocenters. The molecular weight excluding hydrogens is 316 g/mol. The lowest BCUT2D eigenvalue weighted by Gasteiger charge is -2.35. The van der Waals surface area contributed by atoms with Gasteiger partial charge in [0.1, 0.15) is 0 Å². The number of ether oxygens (including phenoxy) is 1. The first kappa shape index (κ1) is 18.6. The zero-order chi connectivity index (χ0) is 16.7. The fraction of sp³-hybridized carbons (Fsp3) is 0.933. The van der Waals surface area contributed by atoms with E-state index < -0.39 is 10.2 Å². The summed E-state index contributed by atoms with van der Waals surface area (Å²) >= 11 is 0. The van der Waals surface area contributed by atoms with Crippen LogP contribution in [0.1, 0.15) is 26.2 Å². The quantitative estimate of drug-likeness (QED) is 0.673. The Morgan fingerprint density at radius 1 is 1.26 bits per heavy atom. The summed E-state index contributed by atoms with van der Waals surface area (Å²) < 4.78 is 34.2. The molecule has 0 spiro atoms. The lowest BCUT2D eigenvalue weighted by Crippen LogP contribution is -2.50. The standard InChI is InChI=1S/C15H28N4O3S/c1-15-4-2-6-19(14-15)23(20,21)18(7-3-5-16)9-8-17-10-12-22-13-11-17/h15H,2-4,6-14H2,1H3/t15-/m1/s1. The molecule has 0 aliphatic carbocycles. The maximum Gasteiger partial charge on any atom is 0.282 e. The SMILES string of the molecule is C[C@@H]1CCCN(S(=O)(=O)N(CCC#N)CCN2CCOCC2)C1. The van der Waals surface area contributed by atoms with Crippen molar-refractivity contribution >= 4 is 10.2 Å². The highest BCUT2D eigenvalue weighted by atomic mass is 32.2. The first-order valence-electron chi connectivity index (χ1n) is 8.46. The van der Waals surface area contributed by atoms with Crippen LogP contribution in [0.15, 0.2) is 0 Å². The zero-order valence-electron chi connectivity index (χ0n) is 14.0. The smallest absolute Gasteiger partial charge is 0.282 e. The number of nitrogens with zero attached hydrogens (tertiary/aromatic N) is 4. The summed E-state index contributed by atoms with van der Waals surface area (Å²) in [6.45, 7) is 7.76. The molecule has 0 unspecified atom stereocenters. The minimum atomic E-state index is -3.47. The predicted molar refractivity (Wildman–Crippen MR) is 88.0 cm³/mol. The Balaban J connectivity index is 1.98. The van der Waals surface area contributed by atoms with Crippen molar-refractivity contribution in [3.8, 4) is 6.07 Å². The van der Waals surface area contributed by atoms with E-state index in [-0.39, 0.29) is 13.0 Å². The molecule has 0 N–H and O–H groups in total. The molecular formula is C15H28N4O3S. The molecule has 0 aromatic rings. The van der Waals surface area contributed by atoms with Gasteiger partial charge in [-0.3, -0.25) is 4.90 Å². The van der Waals surface area contributed by atoms with Gasteiger partial charge in [-0.05, 0) is 18.8 Å². The van der Waals surface area contributed by atoms with Crippen molar-refractivity contribution in [2.45, 2.75) is 26.2 Å². The molecule has 0 saturated carbocycles. The second-order valence-electron chi connectivity index (χ2n) is 6.37. The van der Waals surface area contributed by atoms with E-state index in [2.05, 4.69) is 17.9 Å². The van der Waals surface area contributed by atoms with Gasteiger partial charge in [-0.15, -0.1) is 0 Å². The van der Waals surface area contributed by atoms with Crippen molar-refractivity contribution in [3.05, 3.63) is 0 Å². The molecule has 0 aromatic carbocycles. The van der Waals surface area contributed by atoms with Crippen LogP contribution in [0.2, 0.25) is 0 Å². The Morgan fingerprint density at radius 3 is 2.65 bits per heavy atom. The second-order valence-corrected chi connectivity index (χ2v) is 8.30. The van der Waals surface area contributed by atoms with Crippen molar-refractivity contribution in [2.24, 2.45) is 5.92 Å². The average molecular weight is 344 g/mol. The van der Waals surface area contributed by atoms with E-state index in [0.29, 0.717) is 45.3 Å². The minimum Gasteiger partial charge on any atom is -0.379 e. The number of hydrogen-bond donors (Lipinski definition) is 0. The lowest BCUT2D eigenvalue weighted by atomic mass is 10.0. The van der Waals surface area contributed by atoms with E-state index in [1.54, 1.807) is 4.31 Å². The largest absolute Gasteiger partial charge is 0.379 e. The monoisotopic (exact) mass is 344 g/mol. The van der Waals surface area contributed by atoms with Crippen molar-refractivity contribution in [3.63, 3.8) is 0 Å². The van der Waals surface area contributed by atoms with Crippen molar-refractivity contribution in [1.29, 1.82) is 5.26 Å². The summed E-state index contributed by atoms with van der Waals surface area (Å²) in [6, 6.07) is 2.06. The fourth-order valence-corrected chi connectivity index (χ4v) is 4.88. The summed E-state index contributed by atoms with van der Waals surface area (Å²) in [6.07, 6.45) is 2.22. The van der Waals surface area contributed by atoms with Crippen LogP contribution in [0.4, 0.5) is 0 Å². The van der Waals surface area contributed by atoms with Crippen LogP contribution >= 0.6 is 0 Å². The molecule has 2 saturated heterocycles. The average Bonchev–Trinajstić information content (AvgIpc) is 2.55. The summed E-state index contributed by atoms with van der Waals surface area (Å²) in [5.41, 5.74) is 0. The Hall–Kier alpha value is -0.720. The van der Waals surface area contributed by atoms with Crippen LogP contribution in [-0.2, 0) is 14.9 Å². The van der Waals surface area contributed by atoms with Crippen LogP contribution in [0.3, 0.4) is 0 Å². The highest BCUT2D eigenvalue weighted by molar-refractivity contribution is 7.86. The maximum absolute atomic E-state index is 12.9. The summed E-state index contributed by atoms with van der Waals surface area (Å²) in [5, 5.41) is 8.84. The number of morpholine rings is 1. The molecule has 0 radical (unpaired) electrons. The van der Waals surface area contributed by atoms with E-state index in [9.17, 15) is 8.42 Å². The number of hydrogen-bond acceptors (Lipinski definition) is 5. The highest BCUT2D eigenvalue weighted by Crippen LogP contribution is 2.20. The topological polar surface area (TPSA) is 76.9 Å². The van der Waals surface area contributed by atoms with Gasteiger partial charge in [-0.1, -0.05) is 6.92 Å². The molecule has 2 aliphatic rings. The molecule has 7 nitrogen and oxygen atoms in total. The van der Waals surface area contributed by atoms with Gasteiger partial charge in [0.05, 0.1) is 19.3 Å². The van der Waals surface area contributed by atoms with Gasteiger partial charge in [0.2, 0.25) is 0 Å². The Kier molecular flexibility index (Phi) is 7.24. The summed E-state index contributed by atoms with van der Waals surface area (Å²) in [5.74, 6) is 0.399.